The van der Waals surface area contributed by atoms with Crippen molar-refractivity contribution in [1.82, 2.24) is 0 Å². The Balaban J connectivity index is 0.000000204. The lowest BCUT2D eigenvalue weighted by Crippen LogP contribution is -2.17. The Morgan fingerprint density at radius 1 is 0.426 bits per heavy atom. The molecule has 0 saturated carbocycles. The smallest absolute Gasteiger partial charge is 0.231 e. The molecule has 0 fully saturated rings. The minimum Gasteiger partial charge on any atom is -0.508 e. The molecule has 332 valence electrons. The van der Waals surface area contributed by atoms with Gasteiger partial charge in [-0.3, -0.25) is 0 Å². The Morgan fingerprint density at radius 3 is 1.25 bits per heavy atom. The van der Waals surface area contributed by atoms with Crippen molar-refractivity contribution in [2.24, 2.45) is 0 Å². The molecule has 0 saturated heterocycles. The first kappa shape index (κ1) is 50.1. The standard InChI is InChI=1S/C12H16O2.C11H17N.C11H14O2.C10H15N.C10H14O/c1-12(2,3)9-4-5-10-11(8-9)14-7-6-13-10;1-11(2,3)9-6-5-7-10(8-9)12-4;1-11(2,3)8-4-5-9-10(6-8)13-7-12-9;1-10(2,3)8-5-4-6-9(11)7-8;1-10(2,3)8-4-6-9(11)7-5-8/h4-5,8H,6-7H2,1-3H3;5-8,12H,1-4H3;4-6H,7H2,1-3H3;4-7H,11H2,1-3H3;4-7,11H,1-3H3. The van der Waals surface area contributed by atoms with Crippen LogP contribution in [0, 0.1) is 0 Å². The van der Waals surface area contributed by atoms with E-state index < -0.39 is 0 Å². The SMILES string of the molecule is CC(C)(C)c1ccc(O)cc1.CC(C)(C)c1ccc2c(c1)OCCO2.CC(C)(C)c1ccc2c(c1)OCO2.CC(C)(C)c1cccc(N)c1.CNc1cccc(C(C)(C)C)c1. The lowest BCUT2D eigenvalue weighted by molar-refractivity contribution is 0.171. The second-order valence-corrected chi connectivity index (χ2v) is 20.7. The monoisotopic (exact) mass is 833 g/mol. The number of nitrogens with one attached hydrogen (secondary N) is 1. The molecular weight excluding hydrogens is 757 g/mol. The molecule has 0 bridgehead atoms. The maximum atomic E-state index is 9.02. The fourth-order valence-corrected chi connectivity index (χ4v) is 5.98. The number of phenolic OH excluding ortho intramolecular Hbond substituents is 1. The number of aromatic hydroxyl groups is 1. The molecule has 4 N–H and O–H groups in total. The number of nitrogen functional groups attached to an aromatic ring is 1. The van der Waals surface area contributed by atoms with Gasteiger partial charge in [-0.2, -0.15) is 0 Å². The van der Waals surface area contributed by atoms with Gasteiger partial charge in [-0.05, 0) is 116 Å². The van der Waals surface area contributed by atoms with Crippen molar-refractivity contribution >= 4 is 11.4 Å². The van der Waals surface area contributed by atoms with E-state index in [4.69, 9.17) is 29.8 Å². The van der Waals surface area contributed by atoms with Crippen LogP contribution < -0.4 is 30.0 Å². The summed E-state index contributed by atoms with van der Waals surface area (Å²) in [6.07, 6.45) is 0. The van der Waals surface area contributed by atoms with Gasteiger partial charge in [0.15, 0.2) is 23.0 Å². The lowest BCUT2D eigenvalue weighted by atomic mass is 9.87. The van der Waals surface area contributed by atoms with Crippen LogP contribution in [-0.4, -0.2) is 32.2 Å². The summed E-state index contributed by atoms with van der Waals surface area (Å²) < 4.78 is 21.6. The van der Waals surface area contributed by atoms with Gasteiger partial charge in [-0.1, -0.05) is 152 Å². The summed E-state index contributed by atoms with van der Waals surface area (Å²) in [6, 6.07) is 36.2. The minimum atomic E-state index is 0.163. The van der Waals surface area contributed by atoms with Crippen LogP contribution in [0.15, 0.2) is 109 Å². The molecule has 0 radical (unpaired) electrons. The summed E-state index contributed by atoms with van der Waals surface area (Å²) in [6.45, 7) is 34.5. The molecule has 0 aliphatic carbocycles. The average molecular weight is 833 g/mol. The molecular formula is C54H76N2O5. The van der Waals surface area contributed by atoms with Crippen LogP contribution >= 0.6 is 0 Å². The van der Waals surface area contributed by atoms with E-state index in [1.165, 1.54) is 33.5 Å². The third-order valence-electron chi connectivity index (χ3n) is 10.2. The van der Waals surface area contributed by atoms with E-state index in [0.29, 0.717) is 25.8 Å². The topological polar surface area (TPSA) is 95.2 Å². The number of rotatable bonds is 1. The molecule has 2 heterocycles. The average Bonchev–Trinajstić information content (AvgIpc) is 3.66. The number of anilines is 2. The Bertz CT molecular complexity index is 2100. The number of nitrogens with two attached hydrogens (primary N) is 1. The molecule has 0 spiro atoms. The fraction of sp³-hybridized carbons (Fsp3) is 0.444. The van der Waals surface area contributed by atoms with Crippen LogP contribution in [0.5, 0.6) is 28.7 Å². The first-order chi connectivity index (χ1) is 28.2. The van der Waals surface area contributed by atoms with Gasteiger partial charge in [0.2, 0.25) is 6.79 Å². The third kappa shape index (κ3) is 16.6. The van der Waals surface area contributed by atoms with Gasteiger partial charge in [0.25, 0.3) is 0 Å². The summed E-state index contributed by atoms with van der Waals surface area (Å²) in [5.41, 5.74) is 15.1. The molecule has 0 atom stereocenters. The number of hydrogen-bond acceptors (Lipinski definition) is 7. The molecule has 0 amide bonds. The zero-order valence-electron chi connectivity index (χ0n) is 40.2. The van der Waals surface area contributed by atoms with Crippen molar-refractivity contribution in [3.05, 3.63) is 137 Å². The van der Waals surface area contributed by atoms with Crippen LogP contribution in [0.1, 0.15) is 132 Å². The van der Waals surface area contributed by atoms with Crippen molar-refractivity contribution in [3.63, 3.8) is 0 Å². The summed E-state index contributed by atoms with van der Waals surface area (Å²) >= 11 is 0. The highest BCUT2D eigenvalue weighted by Gasteiger charge is 2.20. The van der Waals surface area contributed by atoms with E-state index in [-0.39, 0.29) is 27.1 Å². The minimum absolute atomic E-state index is 0.163. The summed E-state index contributed by atoms with van der Waals surface area (Å²) in [4.78, 5) is 0. The third-order valence-corrected chi connectivity index (χ3v) is 10.2. The Kier molecular flexibility index (Phi) is 17.2. The van der Waals surface area contributed by atoms with Gasteiger partial charge in [-0.15, -0.1) is 0 Å². The first-order valence-electron chi connectivity index (χ1n) is 21.4. The fourth-order valence-electron chi connectivity index (χ4n) is 5.98. The first-order valence-corrected chi connectivity index (χ1v) is 21.4. The van der Waals surface area contributed by atoms with E-state index in [1.807, 2.05) is 49.5 Å². The van der Waals surface area contributed by atoms with Crippen molar-refractivity contribution < 1.29 is 24.1 Å². The van der Waals surface area contributed by atoms with E-state index in [9.17, 15) is 0 Å². The van der Waals surface area contributed by atoms with Crippen molar-refractivity contribution in [2.45, 2.75) is 131 Å². The highest BCUT2D eigenvalue weighted by Crippen LogP contribution is 2.37. The number of ether oxygens (including phenoxy) is 4. The van der Waals surface area contributed by atoms with Gasteiger partial charge in [-0.25, -0.2) is 0 Å². The predicted octanol–water partition coefficient (Wildman–Crippen LogP) is 13.7. The van der Waals surface area contributed by atoms with Crippen LogP contribution in [0.2, 0.25) is 0 Å². The normalized spacial score (nSPS) is 13.0. The van der Waals surface area contributed by atoms with Gasteiger partial charge in [0.1, 0.15) is 19.0 Å². The molecule has 7 nitrogen and oxygen atoms in total. The quantitative estimate of drug-likeness (QED) is 0.145. The Hall–Kier alpha value is -5.30. The predicted molar refractivity (Wildman–Crippen MR) is 258 cm³/mol. The van der Waals surface area contributed by atoms with Crippen LogP contribution in [0.25, 0.3) is 0 Å². The van der Waals surface area contributed by atoms with Crippen LogP contribution in [-0.2, 0) is 27.1 Å². The highest BCUT2D eigenvalue weighted by atomic mass is 16.7. The van der Waals surface area contributed by atoms with Crippen LogP contribution in [0.4, 0.5) is 11.4 Å². The van der Waals surface area contributed by atoms with E-state index in [1.54, 1.807) is 12.1 Å². The van der Waals surface area contributed by atoms with Gasteiger partial charge < -0.3 is 35.1 Å². The number of fused-ring (bicyclic) bond motifs is 2. The maximum absolute atomic E-state index is 9.02. The second kappa shape index (κ2) is 21.0. The van der Waals surface area contributed by atoms with E-state index >= 15 is 0 Å². The Labute approximate surface area is 369 Å². The molecule has 2 aliphatic heterocycles. The molecule has 5 aromatic rings. The number of phenols is 1. The molecule has 7 heteroatoms. The molecule has 0 aromatic heterocycles. The number of benzene rings is 5. The Morgan fingerprint density at radius 2 is 0.803 bits per heavy atom. The van der Waals surface area contributed by atoms with Gasteiger partial charge in [0.05, 0.1) is 0 Å². The van der Waals surface area contributed by atoms with Gasteiger partial charge >= 0.3 is 0 Å². The molecule has 0 unspecified atom stereocenters. The van der Waals surface area contributed by atoms with E-state index in [2.05, 4.69) is 164 Å². The second-order valence-electron chi connectivity index (χ2n) is 20.7. The van der Waals surface area contributed by atoms with Crippen molar-refractivity contribution in [3.8, 4) is 28.7 Å². The zero-order valence-corrected chi connectivity index (χ0v) is 40.2. The molecule has 61 heavy (non-hydrogen) atoms. The largest absolute Gasteiger partial charge is 0.508 e. The van der Waals surface area contributed by atoms with Gasteiger partial charge in [0, 0.05) is 18.4 Å². The summed E-state index contributed by atoms with van der Waals surface area (Å²) in [7, 11) is 1.95. The summed E-state index contributed by atoms with van der Waals surface area (Å²) in [5, 5.41) is 12.2. The zero-order chi connectivity index (χ0) is 45.8. The van der Waals surface area contributed by atoms with E-state index in [0.717, 1.165) is 28.7 Å². The summed E-state index contributed by atoms with van der Waals surface area (Å²) in [5.74, 6) is 3.80. The molecule has 5 aromatic carbocycles. The molecule has 7 rings (SSSR count). The number of hydrogen-bond donors (Lipinski definition) is 3. The van der Waals surface area contributed by atoms with Crippen LogP contribution in [0.3, 0.4) is 0 Å². The highest BCUT2D eigenvalue weighted by molar-refractivity contribution is 5.48. The maximum Gasteiger partial charge on any atom is 0.231 e. The van der Waals surface area contributed by atoms with Crippen molar-refractivity contribution in [2.75, 3.05) is 38.1 Å². The lowest BCUT2D eigenvalue weighted by Gasteiger charge is -2.23. The molecule has 2 aliphatic rings. The van der Waals surface area contributed by atoms with Crippen molar-refractivity contribution in [1.29, 1.82) is 0 Å².